The molecule has 0 radical (unpaired) electrons. The molecule has 1 heterocycles. The molecule has 1 fully saturated rings. The number of carbonyl (C=O) groups excluding carboxylic acids is 1. The van der Waals surface area contributed by atoms with E-state index in [0.717, 1.165) is 43.4 Å². The molecule has 1 atom stereocenters. The highest BCUT2D eigenvalue weighted by Gasteiger charge is 2.43. The SMILES string of the molecule is CCC1(C(=O)N2CCC(O)c3ccccc32)CCCC1. The number of carbonyl (C=O) groups is 1. The normalized spacial score (nSPS) is 24.5. The van der Waals surface area contributed by atoms with Crippen molar-refractivity contribution in [3.8, 4) is 0 Å². The Hall–Kier alpha value is -1.35. The summed E-state index contributed by atoms with van der Waals surface area (Å²) in [6, 6.07) is 7.78. The molecule has 0 bridgehead atoms. The third kappa shape index (κ3) is 2.05. The Morgan fingerprint density at radius 3 is 2.75 bits per heavy atom. The van der Waals surface area contributed by atoms with Crippen molar-refractivity contribution < 1.29 is 9.90 Å². The third-order valence-corrected chi connectivity index (χ3v) is 5.15. The molecule has 3 heteroatoms. The van der Waals surface area contributed by atoms with Gasteiger partial charge in [0.05, 0.1) is 6.10 Å². The maximum Gasteiger partial charge on any atom is 0.233 e. The summed E-state index contributed by atoms with van der Waals surface area (Å²) in [5.74, 6) is 0.275. The lowest BCUT2D eigenvalue weighted by Crippen LogP contribution is -2.45. The number of aliphatic hydroxyl groups is 1. The number of hydrogen-bond acceptors (Lipinski definition) is 2. The van der Waals surface area contributed by atoms with E-state index in [4.69, 9.17) is 0 Å². The monoisotopic (exact) mass is 273 g/mol. The molecule has 108 valence electrons. The molecule has 1 amide bonds. The van der Waals surface area contributed by atoms with Crippen LogP contribution in [0.4, 0.5) is 5.69 Å². The average molecular weight is 273 g/mol. The Labute approximate surface area is 120 Å². The van der Waals surface area contributed by atoms with Crippen LogP contribution in [0.3, 0.4) is 0 Å². The Morgan fingerprint density at radius 2 is 2.05 bits per heavy atom. The van der Waals surface area contributed by atoms with Crippen LogP contribution in [0.2, 0.25) is 0 Å². The molecule has 1 aliphatic carbocycles. The first-order chi connectivity index (χ1) is 9.68. The molecule has 1 aromatic rings. The molecule has 0 aromatic heterocycles. The molecule has 1 aliphatic heterocycles. The highest BCUT2D eigenvalue weighted by molar-refractivity contribution is 5.98. The molecular weight excluding hydrogens is 250 g/mol. The fourth-order valence-electron chi connectivity index (χ4n) is 3.81. The predicted octanol–water partition coefficient (Wildman–Crippen LogP) is 3.43. The van der Waals surface area contributed by atoms with Gasteiger partial charge in [0.1, 0.15) is 0 Å². The number of nitrogens with zero attached hydrogens (tertiary/aromatic N) is 1. The second-order valence-corrected chi connectivity index (χ2v) is 6.16. The van der Waals surface area contributed by atoms with Crippen molar-refractivity contribution >= 4 is 11.6 Å². The zero-order chi connectivity index (χ0) is 14.2. The second-order valence-electron chi connectivity index (χ2n) is 6.16. The summed E-state index contributed by atoms with van der Waals surface area (Å²) in [5.41, 5.74) is 1.66. The van der Waals surface area contributed by atoms with Crippen molar-refractivity contribution in [1.82, 2.24) is 0 Å². The molecule has 1 aromatic carbocycles. The van der Waals surface area contributed by atoms with Crippen LogP contribution in [0, 0.1) is 5.41 Å². The van der Waals surface area contributed by atoms with Gasteiger partial charge in [-0.2, -0.15) is 0 Å². The number of fused-ring (bicyclic) bond motifs is 1. The van der Waals surface area contributed by atoms with E-state index in [1.807, 2.05) is 29.2 Å². The molecule has 3 rings (SSSR count). The molecule has 2 aliphatic rings. The van der Waals surface area contributed by atoms with E-state index in [-0.39, 0.29) is 11.3 Å². The van der Waals surface area contributed by atoms with Crippen LogP contribution >= 0.6 is 0 Å². The van der Waals surface area contributed by atoms with Crippen LogP contribution in [0.15, 0.2) is 24.3 Å². The van der Waals surface area contributed by atoms with E-state index in [1.165, 1.54) is 0 Å². The molecule has 0 spiro atoms. The lowest BCUT2D eigenvalue weighted by molar-refractivity contribution is -0.128. The van der Waals surface area contributed by atoms with Gasteiger partial charge in [0.2, 0.25) is 5.91 Å². The largest absolute Gasteiger partial charge is 0.388 e. The van der Waals surface area contributed by atoms with Gasteiger partial charge in [0.25, 0.3) is 0 Å². The van der Waals surface area contributed by atoms with Gasteiger partial charge in [0, 0.05) is 23.2 Å². The molecule has 1 N–H and O–H groups in total. The minimum atomic E-state index is -0.434. The van der Waals surface area contributed by atoms with Crippen molar-refractivity contribution in [2.75, 3.05) is 11.4 Å². The van der Waals surface area contributed by atoms with Gasteiger partial charge < -0.3 is 10.0 Å². The van der Waals surface area contributed by atoms with E-state index in [0.29, 0.717) is 13.0 Å². The maximum atomic E-state index is 13.1. The fraction of sp³-hybridized carbons (Fsp3) is 0.588. The van der Waals surface area contributed by atoms with Crippen molar-refractivity contribution in [2.45, 2.75) is 51.6 Å². The lowest BCUT2D eigenvalue weighted by Gasteiger charge is -2.38. The van der Waals surface area contributed by atoms with E-state index < -0.39 is 6.10 Å². The number of hydrogen-bond donors (Lipinski definition) is 1. The summed E-state index contributed by atoms with van der Waals surface area (Å²) < 4.78 is 0. The van der Waals surface area contributed by atoms with Crippen molar-refractivity contribution in [2.24, 2.45) is 5.41 Å². The second kappa shape index (κ2) is 5.21. The van der Waals surface area contributed by atoms with Crippen molar-refractivity contribution in [1.29, 1.82) is 0 Å². The highest BCUT2D eigenvalue weighted by Crippen LogP contribution is 2.45. The average Bonchev–Trinajstić information content (AvgIpc) is 2.97. The first kappa shape index (κ1) is 13.6. The number of benzene rings is 1. The van der Waals surface area contributed by atoms with Gasteiger partial charge in [-0.25, -0.2) is 0 Å². The van der Waals surface area contributed by atoms with Gasteiger partial charge in [-0.1, -0.05) is 38.0 Å². The van der Waals surface area contributed by atoms with Crippen molar-refractivity contribution in [3.05, 3.63) is 29.8 Å². The molecule has 1 saturated carbocycles. The topological polar surface area (TPSA) is 40.5 Å². The number of amides is 1. The smallest absolute Gasteiger partial charge is 0.233 e. The molecular formula is C17H23NO2. The molecule has 3 nitrogen and oxygen atoms in total. The highest BCUT2D eigenvalue weighted by atomic mass is 16.3. The van der Waals surface area contributed by atoms with Crippen molar-refractivity contribution in [3.63, 3.8) is 0 Å². The fourth-order valence-corrected chi connectivity index (χ4v) is 3.81. The lowest BCUT2D eigenvalue weighted by atomic mass is 9.81. The van der Waals surface area contributed by atoms with E-state index in [9.17, 15) is 9.90 Å². The minimum Gasteiger partial charge on any atom is -0.388 e. The summed E-state index contributed by atoms with van der Waals surface area (Å²) >= 11 is 0. The summed E-state index contributed by atoms with van der Waals surface area (Å²) in [5, 5.41) is 10.1. The first-order valence-electron chi connectivity index (χ1n) is 7.77. The minimum absolute atomic E-state index is 0.157. The Bertz CT molecular complexity index is 505. The molecule has 1 unspecified atom stereocenters. The summed E-state index contributed by atoms with van der Waals surface area (Å²) in [6.45, 7) is 2.77. The summed E-state index contributed by atoms with van der Waals surface area (Å²) in [7, 11) is 0. The van der Waals surface area contributed by atoms with Gasteiger partial charge in [0.15, 0.2) is 0 Å². The van der Waals surface area contributed by atoms with Crippen LogP contribution in [-0.4, -0.2) is 17.6 Å². The quantitative estimate of drug-likeness (QED) is 0.897. The van der Waals surface area contributed by atoms with Crippen LogP contribution in [0.25, 0.3) is 0 Å². The van der Waals surface area contributed by atoms with Gasteiger partial charge in [-0.15, -0.1) is 0 Å². The standard InChI is InChI=1S/C17H23NO2/c1-2-17(10-5-6-11-17)16(20)18-12-9-15(19)13-7-3-4-8-14(13)18/h3-4,7-8,15,19H,2,5-6,9-12H2,1H3. The zero-order valence-corrected chi connectivity index (χ0v) is 12.1. The van der Waals surface area contributed by atoms with Crippen LogP contribution in [0.1, 0.15) is 57.1 Å². The number of aliphatic hydroxyl groups excluding tert-OH is 1. The third-order valence-electron chi connectivity index (χ3n) is 5.15. The van der Waals surface area contributed by atoms with E-state index in [1.54, 1.807) is 0 Å². The van der Waals surface area contributed by atoms with Gasteiger partial charge in [-0.05, 0) is 31.7 Å². The van der Waals surface area contributed by atoms with E-state index >= 15 is 0 Å². The number of anilines is 1. The van der Waals surface area contributed by atoms with Crippen LogP contribution in [-0.2, 0) is 4.79 Å². The van der Waals surface area contributed by atoms with Crippen LogP contribution in [0.5, 0.6) is 0 Å². The summed E-state index contributed by atoms with van der Waals surface area (Å²) in [6.07, 6.45) is 5.49. The Balaban J connectivity index is 1.95. The number of para-hydroxylation sites is 1. The summed E-state index contributed by atoms with van der Waals surface area (Å²) in [4.78, 5) is 15.0. The molecule has 0 saturated heterocycles. The molecule has 20 heavy (non-hydrogen) atoms. The van der Waals surface area contributed by atoms with Crippen LogP contribution < -0.4 is 4.90 Å². The van der Waals surface area contributed by atoms with Gasteiger partial charge in [-0.3, -0.25) is 4.79 Å². The number of rotatable bonds is 2. The van der Waals surface area contributed by atoms with E-state index in [2.05, 4.69) is 6.92 Å². The first-order valence-corrected chi connectivity index (χ1v) is 7.77. The maximum absolute atomic E-state index is 13.1. The Morgan fingerprint density at radius 1 is 1.35 bits per heavy atom. The predicted molar refractivity (Wildman–Crippen MR) is 79.6 cm³/mol. The van der Waals surface area contributed by atoms with Gasteiger partial charge >= 0.3 is 0 Å². The Kier molecular flexibility index (Phi) is 3.55. The zero-order valence-electron chi connectivity index (χ0n) is 12.1.